The Kier molecular flexibility index (Phi) is 3.98. The zero-order chi connectivity index (χ0) is 14.7. The summed E-state index contributed by atoms with van der Waals surface area (Å²) in [6.45, 7) is 3.55. The van der Waals surface area contributed by atoms with E-state index in [1.54, 1.807) is 0 Å². The van der Waals surface area contributed by atoms with Crippen LogP contribution >= 0.6 is 0 Å². The van der Waals surface area contributed by atoms with Gasteiger partial charge in [0.2, 0.25) is 5.91 Å². The van der Waals surface area contributed by atoms with Gasteiger partial charge in [-0.05, 0) is 5.56 Å². The van der Waals surface area contributed by atoms with Gasteiger partial charge < -0.3 is 4.74 Å². The summed E-state index contributed by atoms with van der Waals surface area (Å²) in [4.78, 5) is 36.7. The molecule has 1 fully saturated rings. The second-order valence-electron chi connectivity index (χ2n) is 4.58. The number of benzene rings is 1. The zero-order valence-electron chi connectivity index (χ0n) is 11.2. The van der Waals surface area contributed by atoms with Crippen molar-refractivity contribution in [3.05, 3.63) is 48.0 Å². The Morgan fingerprint density at radius 2 is 2.00 bits per heavy atom. The molecule has 104 valence electrons. The maximum atomic E-state index is 12.0. The third kappa shape index (κ3) is 2.61. The van der Waals surface area contributed by atoms with Gasteiger partial charge in [0.05, 0.1) is 13.5 Å². The number of nitrogens with zero attached hydrogens (tertiary/aromatic N) is 1. The minimum absolute atomic E-state index is 0.0406. The first-order valence-corrected chi connectivity index (χ1v) is 6.20. The molecule has 0 radical (unpaired) electrons. The summed E-state index contributed by atoms with van der Waals surface area (Å²) >= 11 is 0. The van der Waals surface area contributed by atoms with Crippen LogP contribution in [-0.4, -0.2) is 35.8 Å². The number of rotatable bonds is 4. The SMILES string of the molecule is C=C1CC(=O)N([C@@H](Cc2ccccc2)C(=O)OC)C1=O. The molecule has 0 saturated carbocycles. The van der Waals surface area contributed by atoms with Crippen molar-refractivity contribution < 1.29 is 19.1 Å². The average molecular weight is 273 g/mol. The van der Waals surface area contributed by atoms with E-state index >= 15 is 0 Å². The van der Waals surface area contributed by atoms with Crippen molar-refractivity contribution in [3.63, 3.8) is 0 Å². The van der Waals surface area contributed by atoms with Gasteiger partial charge in [0, 0.05) is 12.0 Å². The number of imide groups is 1. The second-order valence-corrected chi connectivity index (χ2v) is 4.58. The summed E-state index contributed by atoms with van der Waals surface area (Å²) in [6.07, 6.45) is 0.194. The van der Waals surface area contributed by atoms with Gasteiger partial charge in [-0.15, -0.1) is 0 Å². The van der Waals surface area contributed by atoms with E-state index in [1.807, 2.05) is 30.3 Å². The van der Waals surface area contributed by atoms with Crippen molar-refractivity contribution in [1.29, 1.82) is 0 Å². The molecule has 0 N–H and O–H groups in total. The largest absolute Gasteiger partial charge is 0.467 e. The average Bonchev–Trinajstić information content (AvgIpc) is 2.70. The van der Waals surface area contributed by atoms with E-state index in [2.05, 4.69) is 6.58 Å². The van der Waals surface area contributed by atoms with Gasteiger partial charge in [-0.1, -0.05) is 36.9 Å². The number of carbonyl (C=O) groups is 3. The Morgan fingerprint density at radius 1 is 1.35 bits per heavy atom. The molecular formula is C15H15NO4. The van der Waals surface area contributed by atoms with Crippen LogP contribution in [0.3, 0.4) is 0 Å². The highest BCUT2D eigenvalue weighted by molar-refractivity contribution is 6.14. The van der Waals surface area contributed by atoms with E-state index in [0.717, 1.165) is 10.5 Å². The lowest BCUT2D eigenvalue weighted by molar-refractivity contribution is -0.155. The molecule has 1 aromatic carbocycles. The summed E-state index contributed by atoms with van der Waals surface area (Å²) in [5.74, 6) is -1.52. The Balaban J connectivity index is 2.29. The van der Waals surface area contributed by atoms with Crippen LogP contribution in [0.15, 0.2) is 42.5 Å². The maximum absolute atomic E-state index is 12.0. The van der Waals surface area contributed by atoms with Crippen LogP contribution in [0, 0.1) is 0 Å². The summed E-state index contributed by atoms with van der Waals surface area (Å²) in [5, 5.41) is 0. The second kappa shape index (κ2) is 5.69. The number of likely N-dealkylation sites (tertiary alicyclic amines) is 1. The summed E-state index contributed by atoms with van der Waals surface area (Å²) in [6, 6.07) is 8.23. The molecule has 0 aromatic heterocycles. The normalized spacial score (nSPS) is 16.4. The summed E-state index contributed by atoms with van der Waals surface area (Å²) < 4.78 is 4.71. The van der Waals surface area contributed by atoms with Gasteiger partial charge in [-0.3, -0.25) is 14.5 Å². The van der Waals surface area contributed by atoms with Crippen molar-refractivity contribution in [2.45, 2.75) is 18.9 Å². The molecule has 2 rings (SSSR count). The van der Waals surface area contributed by atoms with Crippen LogP contribution in [-0.2, 0) is 25.5 Å². The molecule has 1 saturated heterocycles. The number of hydrogen-bond donors (Lipinski definition) is 0. The smallest absolute Gasteiger partial charge is 0.329 e. The zero-order valence-corrected chi connectivity index (χ0v) is 11.2. The Labute approximate surface area is 116 Å². The lowest BCUT2D eigenvalue weighted by atomic mass is 10.0. The highest BCUT2D eigenvalue weighted by atomic mass is 16.5. The van der Waals surface area contributed by atoms with Gasteiger partial charge in [-0.2, -0.15) is 0 Å². The van der Waals surface area contributed by atoms with E-state index < -0.39 is 23.8 Å². The van der Waals surface area contributed by atoms with E-state index in [9.17, 15) is 14.4 Å². The quantitative estimate of drug-likeness (QED) is 0.468. The number of esters is 1. The molecule has 5 heteroatoms. The Bertz CT molecular complexity index is 564. The molecule has 0 aliphatic carbocycles. The first-order chi connectivity index (χ1) is 9.54. The van der Waals surface area contributed by atoms with Crippen molar-refractivity contribution in [3.8, 4) is 0 Å². The van der Waals surface area contributed by atoms with Crippen LogP contribution < -0.4 is 0 Å². The summed E-state index contributed by atoms with van der Waals surface area (Å²) in [5.41, 5.74) is 1.05. The van der Waals surface area contributed by atoms with Crippen molar-refractivity contribution >= 4 is 17.8 Å². The number of ether oxygens (including phenoxy) is 1. The topological polar surface area (TPSA) is 63.7 Å². The third-order valence-electron chi connectivity index (χ3n) is 3.21. The van der Waals surface area contributed by atoms with Crippen molar-refractivity contribution in [2.24, 2.45) is 0 Å². The molecule has 1 aliphatic heterocycles. The predicted octanol–water partition coefficient (Wildman–Crippen LogP) is 1.09. The lowest BCUT2D eigenvalue weighted by Gasteiger charge is -2.23. The minimum atomic E-state index is -0.943. The monoisotopic (exact) mass is 273 g/mol. The van der Waals surface area contributed by atoms with Gasteiger partial charge >= 0.3 is 5.97 Å². The van der Waals surface area contributed by atoms with E-state index in [1.165, 1.54) is 7.11 Å². The fraction of sp³-hybridized carbons (Fsp3) is 0.267. The maximum Gasteiger partial charge on any atom is 0.329 e. The van der Waals surface area contributed by atoms with Gasteiger partial charge in [0.15, 0.2) is 0 Å². The first-order valence-electron chi connectivity index (χ1n) is 6.20. The molecule has 2 amide bonds. The lowest BCUT2D eigenvalue weighted by Crippen LogP contribution is -2.46. The van der Waals surface area contributed by atoms with Crippen LogP contribution in [0.4, 0.5) is 0 Å². The highest BCUT2D eigenvalue weighted by Gasteiger charge is 2.41. The summed E-state index contributed by atoms with van der Waals surface area (Å²) in [7, 11) is 1.24. The van der Waals surface area contributed by atoms with Gasteiger partial charge in [0.25, 0.3) is 5.91 Å². The first kappa shape index (κ1) is 14.0. The molecule has 20 heavy (non-hydrogen) atoms. The van der Waals surface area contributed by atoms with Crippen LogP contribution in [0.2, 0.25) is 0 Å². The van der Waals surface area contributed by atoms with Crippen LogP contribution in [0.25, 0.3) is 0 Å². The van der Waals surface area contributed by atoms with E-state index in [-0.39, 0.29) is 18.4 Å². The molecule has 0 spiro atoms. The van der Waals surface area contributed by atoms with Gasteiger partial charge in [0.1, 0.15) is 6.04 Å². The van der Waals surface area contributed by atoms with Crippen LogP contribution in [0.1, 0.15) is 12.0 Å². The van der Waals surface area contributed by atoms with E-state index in [4.69, 9.17) is 4.74 Å². The molecule has 0 unspecified atom stereocenters. The predicted molar refractivity (Wildman–Crippen MR) is 71.6 cm³/mol. The van der Waals surface area contributed by atoms with Crippen molar-refractivity contribution in [2.75, 3.05) is 7.11 Å². The molecule has 1 heterocycles. The van der Waals surface area contributed by atoms with Gasteiger partial charge in [-0.25, -0.2) is 4.79 Å². The molecule has 1 atom stereocenters. The van der Waals surface area contributed by atoms with Crippen molar-refractivity contribution in [1.82, 2.24) is 4.90 Å². The fourth-order valence-electron chi connectivity index (χ4n) is 2.20. The number of amides is 2. The molecular weight excluding hydrogens is 258 g/mol. The Hall–Kier alpha value is -2.43. The number of carbonyl (C=O) groups excluding carboxylic acids is 3. The fourth-order valence-corrected chi connectivity index (χ4v) is 2.20. The molecule has 1 aliphatic rings. The third-order valence-corrected chi connectivity index (χ3v) is 3.21. The highest BCUT2D eigenvalue weighted by Crippen LogP contribution is 2.22. The number of hydrogen-bond acceptors (Lipinski definition) is 4. The number of methoxy groups -OCH3 is 1. The standard InChI is InChI=1S/C15H15NO4/c1-10-8-13(17)16(14(10)18)12(15(19)20-2)9-11-6-4-3-5-7-11/h3-7,12H,1,8-9H2,2H3/t12-/m0/s1. The minimum Gasteiger partial charge on any atom is -0.467 e. The van der Waals surface area contributed by atoms with E-state index in [0.29, 0.717) is 0 Å². The van der Waals surface area contributed by atoms with Crippen LogP contribution in [0.5, 0.6) is 0 Å². The Morgan fingerprint density at radius 3 is 2.50 bits per heavy atom. The molecule has 5 nitrogen and oxygen atoms in total. The molecule has 0 bridgehead atoms. The molecule has 1 aromatic rings.